The number of halogens is 3. The number of methoxy groups -OCH3 is 1. The summed E-state index contributed by atoms with van der Waals surface area (Å²) in [6, 6.07) is 6.83. The van der Waals surface area contributed by atoms with Crippen molar-refractivity contribution >= 4 is 17.5 Å². The zero-order chi connectivity index (χ0) is 22.7. The maximum atomic E-state index is 12.2. The van der Waals surface area contributed by atoms with Crippen molar-refractivity contribution in [2.45, 2.75) is 18.7 Å². The standard InChI is InChI=1S/C21H23F3N4O4/c1-30-20(29)14-10-28(11-14)18-4-2-15(8-25-18)27-7-6-17(12-27)32-16-3-5-19(26-9-16)31-13-21(22,23)24/h2-5,8-9,14,17H,6-7,10-13H2,1H3/t17-/m1/s1. The highest BCUT2D eigenvalue weighted by Crippen LogP contribution is 2.28. The van der Waals surface area contributed by atoms with E-state index in [4.69, 9.17) is 9.47 Å². The van der Waals surface area contributed by atoms with Crippen LogP contribution in [0, 0.1) is 5.92 Å². The van der Waals surface area contributed by atoms with E-state index in [0.717, 1.165) is 24.5 Å². The van der Waals surface area contributed by atoms with Crippen molar-refractivity contribution in [1.29, 1.82) is 0 Å². The van der Waals surface area contributed by atoms with E-state index in [2.05, 4.69) is 19.6 Å². The first kappa shape index (κ1) is 22.0. The van der Waals surface area contributed by atoms with E-state index in [1.165, 1.54) is 19.4 Å². The maximum absolute atomic E-state index is 12.2. The van der Waals surface area contributed by atoms with Gasteiger partial charge in [-0.15, -0.1) is 0 Å². The Hall–Kier alpha value is -3.24. The average Bonchev–Trinajstić information content (AvgIpc) is 3.20. The summed E-state index contributed by atoms with van der Waals surface area (Å²) in [6.45, 7) is 1.27. The Labute approximate surface area is 182 Å². The lowest BCUT2D eigenvalue weighted by Crippen LogP contribution is -2.51. The first-order chi connectivity index (χ1) is 15.3. The minimum Gasteiger partial charge on any atom is -0.487 e. The van der Waals surface area contributed by atoms with Gasteiger partial charge in [-0.2, -0.15) is 13.2 Å². The fourth-order valence-corrected chi connectivity index (χ4v) is 3.66. The molecule has 172 valence electrons. The molecule has 0 saturated carbocycles. The summed E-state index contributed by atoms with van der Waals surface area (Å²) in [5, 5.41) is 0. The highest BCUT2D eigenvalue weighted by Gasteiger charge is 2.34. The molecule has 32 heavy (non-hydrogen) atoms. The van der Waals surface area contributed by atoms with Gasteiger partial charge in [0.1, 0.15) is 17.7 Å². The van der Waals surface area contributed by atoms with Gasteiger partial charge in [-0.3, -0.25) is 4.79 Å². The third-order valence-corrected chi connectivity index (χ3v) is 5.38. The molecule has 2 fully saturated rings. The molecule has 8 nitrogen and oxygen atoms in total. The Bertz CT molecular complexity index is 918. The van der Waals surface area contributed by atoms with E-state index >= 15 is 0 Å². The van der Waals surface area contributed by atoms with E-state index in [-0.39, 0.29) is 23.9 Å². The summed E-state index contributed by atoms with van der Waals surface area (Å²) < 4.78 is 51.9. The van der Waals surface area contributed by atoms with E-state index in [1.807, 2.05) is 17.0 Å². The number of rotatable bonds is 7. The number of carbonyl (C=O) groups excluding carboxylic acids is 1. The number of esters is 1. The van der Waals surface area contributed by atoms with Crippen LogP contribution < -0.4 is 19.3 Å². The summed E-state index contributed by atoms with van der Waals surface area (Å²) in [7, 11) is 1.39. The first-order valence-corrected chi connectivity index (χ1v) is 10.2. The van der Waals surface area contributed by atoms with Gasteiger partial charge in [-0.1, -0.05) is 0 Å². The van der Waals surface area contributed by atoms with Crippen LogP contribution in [0.2, 0.25) is 0 Å². The lowest BCUT2D eigenvalue weighted by molar-refractivity contribution is -0.154. The van der Waals surface area contributed by atoms with Gasteiger partial charge in [0.05, 0.1) is 37.7 Å². The Kier molecular flexibility index (Phi) is 6.24. The van der Waals surface area contributed by atoms with Crippen LogP contribution in [0.1, 0.15) is 6.42 Å². The molecule has 4 heterocycles. The normalized spacial score (nSPS) is 18.9. The molecular weight excluding hydrogens is 429 g/mol. The minimum absolute atomic E-state index is 0.0744. The predicted molar refractivity (Wildman–Crippen MR) is 109 cm³/mol. The number of hydrogen-bond acceptors (Lipinski definition) is 8. The molecule has 2 saturated heterocycles. The number of aromatic nitrogens is 2. The number of hydrogen-bond donors (Lipinski definition) is 0. The van der Waals surface area contributed by atoms with Gasteiger partial charge in [0.15, 0.2) is 6.61 Å². The van der Waals surface area contributed by atoms with Crippen LogP contribution in [0.3, 0.4) is 0 Å². The lowest BCUT2D eigenvalue weighted by atomic mass is 10.0. The Morgan fingerprint density at radius 2 is 1.91 bits per heavy atom. The Morgan fingerprint density at radius 3 is 2.53 bits per heavy atom. The van der Waals surface area contributed by atoms with Crippen molar-refractivity contribution in [3.05, 3.63) is 36.7 Å². The van der Waals surface area contributed by atoms with Crippen molar-refractivity contribution in [3.8, 4) is 11.6 Å². The molecule has 0 unspecified atom stereocenters. The predicted octanol–water partition coefficient (Wildman–Crippen LogP) is 2.68. The van der Waals surface area contributed by atoms with Crippen molar-refractivity contribution in [3.63, 3.8) is 0 Å². The van der Waals surface area contributed by atoms with Gasteiger partial charge in [-0.05, 0) is 18.2 Å². The van der Waals surface area contributed by atoms with E-state index in [0.29, 0.717) is 25.4 Å². The number of anilines is 2. The second-order valence-corrected chi connectivity index (χ2v) is 7.71. The van der Waals surface area contributed by atoms with E-state index in [9.17, 15) is 18.0 Å². The number of ether oxygens (including phenoxy) is 3. The zero-order valence-corrected chi connectivity index (χ0v) is 17.4. The molecule has 2 aliphatic heterocycles. The molecule has 0 N–H and O–H groups in total. The van der Waals surface area contributed by atoms with Crippen LogP contribution in [0.25, 0.3) is 0 Å². The molecule has 1 atom stereocenters. The van der Waals surface area contributed by atoms with Crippen molar-refractivity contribution < 1.29 is 32.2 Å². The molecule has 2 aromatic rings. The summed E-state index contributed by atoms with van der Waals surface area (Å²) in [5.41, 5.74) is 0.971. The summed E-state index contributed by atoms with van der Waals surface area (Å²) in [5.74, 6) is 0.897. The fourth-order valence-electron chi connectivity index (χ4n) is 3.66. The quantitative estimate of drug-likeness (QED) is 0.594. The number of alkyl halides is 3. The van der Waals surface area contributed by atoms with Crippen LogP contribution in [-0.2, 0) is 9.53 Å². The minimum atomic E-state index is -4.40. The molecule has 0 radical (unpaired) electrons. The molecule has 11 heteroatoms. The van der Waals surface area contributed by atoms with Crippen LogP contribution in [0.5, 0.6) is 11.6 Å². The summed E-state index contributed by atoms with van der Waals surface area (Å²) >= 11 is 0. The third kappa shape index (κ3) is 5.32. The van der Waals surface area contributed by atoms with Gasteiger partial charge < -0.3 is 24.0 Å². The number of nitrogens with zero attached hydrogens (tertiary/aromatic N) is 4. The Morgan fingerprint density at radius 1 is 1.09 bits per heavy atom. The zero-order valence-electron chi connectivity index (χ0n) is 17.4. The molecular formula is C21H23F3N4O4. The number of pyridine rings is 2. The first-order valence-electron chi connectivity index (χ1n) is 10.2. The molecule has 0 amide bonds. The topological polar surface area (TPSA) is 77.0 Å². The SMILES string of the molecule is COC(=O)C1CN(c2ccc(N3CC[C@@H](Oc4ccc(OCC(F)(F)F)nc4)C3)cn2)C1. The summed E-state index contributed by atoms with van der Waals surface area (Å²) in [4.78, 5) is 24.0. The second kappa shape index (κ2) is 9.09. The highest BCUT2D eigenvalue weighted by molar-refractivity contribution is 5.76. The van der Waals surface area contributed by atoms with E-state index in [1.54, 1.807) is 12.3 Å². The highest BCUT2D eigenvalue weighted by atomic mass is 19.4. The van der Waals surface area contributed by atoms with Crippen LogP contribution in [0.15, 0.2) is 36.7 Å². The largest absolute Gasteiger partial charge is 0.487 e. The van der Waals surface area contributed by atoms with Crippen LogP contribution >= 0.6 is 0 Å². The van der Waals surface area contributed by atoms with Crippen molar-refractivity contribution in [1.82, 2.24) is 9.97 Å². The molecule has 2 aromatic heterocycles. The van der Waals surface area contributed by atoms with E-state index < -0.39 is 12.8 Å². The molecule has 0 bridgehead atoms. The van der Waals surface area contributed by atoms with Gasteiger partial charge in [0.2, 0.25) is 5.88 Å². The molecule has 0 aromatic carbocycles. The average molecular weight is 452 g/mol. The molecule has 4 rings (SSSR count). The Balaban J connectivity index is 1.25. The lowest BCUT2D eigenvalue weighted by Gasteiger charge is -2.38. The second-order valence-electron chi connectivity index (χ2n) is 7.71. The number of carbonyl (C=O) groups is 1. The van der Waals surface area contributed by atoms with Crippen LogP contribution in [0.4, 0.5) is 24.7 Å². The van der Waals surface area contributed by atoms with Gasteiger partial charge in [0, 0.05) is 32.1 Å². The monoisotopic (exact) mass is 452 g/mol. The fraction of sp³-hybridized carbons (Fsp3) is 0.476. The molecule has 2 aliphatic rings. The molecule has 0 aliphatic carbocycles. The van der Waals surface area contributed by atoms with Gasteiger partial charge in [-0.25, -0.2) is 9.97 Å². The maximum Gasteiger partial charge on any atom is 0.422 e. The van der Waals surface area contributed by atoms with Crippen molar-refractivity contribution in [2.24, 2.45) is 5.92 Å². The van der Waals surface area contributed by atoms with Crippen LogP contribution in [-0.4, -0.2) is 68.1 Å². The molecule has 0 spiro atoms. The van der Waals surface area contributed by atoms with Gasteiger partial charge >= 0.3 is 12.1 Å². The van der Waals surface area contributed by atoms with Gasteiger partial charge in [0.25, 0.3) is 0 Å². The van der Waals surface area contributed by atoms with Crippen molar-refractivity contribution in [2.75, 3.05) is 49.7 Å². The third-order valence-electron chi connectivity index (χ3n) is 5.38. The summed E-state index contributed by atoms with van der Waals surface area (Å²) in [6.07, 6.45) is -0.523. The smallest absolute Gasteiger partial charge is 0.422 e.